The molecule has 0 spiro atoms. The largest absolute Gasteiger partial charge is 0.414 e. The van der Waals surface area contributed by atoms with Gasteiger partial charge in [-0.15, -0.1) is 0 Å². The first-order valence-electron chi connectivity index (χ1n) is 9.24. The molecule has 3 unspecified atom stereocenters. The van der Waals surface area contributed by atoms with Crippen molar-refractivity contribution in [2.75, 3.05) is 27.7 Å². The highest BCUT2D eigenvalue weighted by Crippen LogP contribution is 2.40. The third kappa shape index (κ3) is 3.92. The normalized spacial score (nSPS) is 27.9. The number of likely N-dealkylation sites (N-methyl/N-ethyl adjacent to an activating group) is 1. The number of rotatable bonds is 2. The summed E-state index contributed by atoms with van der Waals surface area (Å²) in [6.07, 6.45) is 7.81. The van der Waals surface area contributed by atoms with Crippen LogP contribution in [0.5, 0.6) is 5.75 Å². The Hall–Kier alpha value is -1.55. The lowest BCUT2D eigenvalue weighted by atomic mass is 9.78. The summed E-state index contributed by atoms with van der Waals surface area (Å²) in [7, 11) is 5.69. The number of benzene rings is 1. The molecule has 1 aliphatic carbocycles. The fourth-order valence-electron chi connectivity index (χ4n) is 4.41. The number of ether oxygens (including phenoxy) is 1. The summed E-state index contributed by atoms with van der Waals surface area (Å²) in [6, 6.07) is 8.87. The molecule has 4 nitrogen and oxygen atoms in total. The minimum absolute atomic E-state index is 0.322. The number of amides is 1. The zero-order valence-corrected chi connectivity index (χ0v) is 15.2. The number of carbonyl (C=O) groups is 1. The molecule has 24 heavy (non-hydrogen) atoms. The van der Waals surface area contributed by atoms with Crippen LogP contribution in [0.3, 0.4) is 0 Å². The molecule has 1 aromatic carbocycles. The molecule has 0 aromatic heterocycles. The molecule has 1 heterocycles. The predicted octanol–water partition coefficient (Wildman–Crippen LogP) is 4.12. The standard InChI is InChI=1S/C20H30N2O2/c1-21(2)20(23)24-18-10-7-9-15(13-18)17-12-16-8-5-4-6-11-19(16)22(3)14-17/h7,9-10,13,16-17,19H,4-6,8,11-12,14H2,1-3H3. The van der Waals surface area contributed by atoms with E-state index in [4.69, 9.17) is 4.74 Å². The van der Waals surface area contributed by atoms with Gasteiger partial charge in [0.1, 0.15) is 5.75 Å². The van der Waals surface area contributed by atoms with Crippen LogP contribution < -0.4 is 4.74 Å². The van der Waals surface area contributed by atoms with Crippen molar-refractivity contribution in [2.24, 2.45) is 5.92 Å². The van der Waals surface area contributed by atoms with Crippen molar-refractivity contribution in [3.05, 3.63) is 29.8 Å². The lowest BCUT2D eigenvalue weighted by molar-refractivity contribution is 0.0980. The number of hydrogen-bond acceptors (Lipinski definition) is 3. The third-order valence-corrected chi connectivity index (χ3v) is 5.68. The average Bonchev–Trinajstić information content (AvgIpc) is 2.80. The van der Waals surface area contributed by atoms with E-state index in [9.17, 15) is 4.79 Å². The van der Waals surface area contributed by atoms with E-state index in [0.29, 0.717) is 11.7 Å². The first kappa shape index (κ1) is 17.3. The van der Waals surface area contributed by atoms with Crippen molar-refractivity contribution in [2.45, 2.75) is 50.5 Å². The number of carbonyl (C=O) groups excluding carboxylic acids is 1. The molecular weight excluding hydrogens is 300 g/mol. The van der Waals surface area contributed by atoms with Gasteiger partial charge in [0, 0.05) is 26.7 Å². The number of hydrogen-bond donors (Lipinski definition) is 0. The number of fused-ring (bicyclic) bond motifs is 1. The molecule has 1 aliphatic heterocycles. The van der Waals surface area contributed by atoms with E-state index >= 15 is 0 Å². The van der Waals surface area contributed by atoms with Gasteiger partial charge in [0.2, 0.25) is 0 Å². The van der Waals surface area contributed by atoms with Gasteiger partial charge in [-0.3, -0.25) is 0 Å². The summed E-state index contributed by atoms with van der Waals surface area (Å²) in [4.78, 5) is 15.8. The van der Waals surface area contributed by atoms with Crippen LogP contribution in [-0.4, -0.2) is 49.6 Å². The zero-order chi connectivity index (χ0) is 17.1. The molecule has 1 saturated carbocycles. The summed E-state index contributed by atoms with van der Waals surface area (Å²) in [5, 5.41) is 0. The van der Waals surface area contributed by atoms with Crippen LogP contribution in [0.1, 0.15) is 50.0 Å². The van der Waals surface area contributed by atoms with Crippen LogP contribution in [-0.2, 0) is 0 Å². The van der Waals surface area contributed by atoms with Crippen LogP contribution in [0.25, 0.3) is 0 Å². The molecule has 0 radical (unpaired) electrons. The Labute approximate surface area is 145 Å². The van der Waals surface area contributed by atoms with Gasteiger partial charge in [-0.2, -0.15) is 0 Å². The van der Waals surface area contributed by atoms with Gasteiger partial charge in [-0.05, 0) is 55.8 Å². The molecule has 2 fully saturated rings. The van der Waals surface area contributed by atoms with Gasteiger partial charge >= 0.3 is 6.09 Å². The van der Waals surface area contributed by atoms with Crippen molar-refractivity contribution >= 4 is 6.09 Å². The Morgan fingerprint density at radius 1 is 1.21 bits per heavy atom. The highest BCUT2D eigenvalue weighted by Gasteiger charge is 2.35. The monoisotopic (exact) mass is 330 g/mol. The van der Waals surface area contributed by atoms with Gasteiger partial charge in [0.15, 0.2) is 0 Å². The fourth-order valence-corrected chi connectivity index (χ4v) is 4.41. The van der Waals surface area contributed by atoms with Crippen LogP contribution >= 0.6 is 0 Å². The molecule has 2 aliphatic rings. The lowest BCUT2D eigenvalue weighted by Crippen LogP contribution is -2.45. The predicted molar refractivity (Wildman–Crippen MR) is 96.5 cm³/mol. The van der Waals surface area contributed by atoms with Crippen molar-refractivity contribution in [1.82, 2.24) is 9.80 Å². The quantitative estimate of drug-likeness (QED) is 0.818. The molecule has 1 amide bonds. The summed E-state index contributed by atoms with van der Waals surface area (Å²) >= 11 is 0. The smallest absolute Gasteiger partial charge is 0.410 e. The molecule has 1 saturated heterocycles. The first-order chi connectivity index (χ1) is 11.5. The second-order valence-electron chi connectivity index (χ2n) is 7.67. The maximum atomic E-state index is 11.8. The molecule has 3 rings (SSSR count). The Kier molecular flexibility index (Phi) is 5.44. The Morgan fingerprint density at radius 3 is 2.79 bits per heavy atom. The van der Waals surface area contributed by atoms with Crippen molar-refractivity contribution < 1.29 is 9.53 Å². The van der Waals surface area contributed by atoms with Crippen molar-refractivity contribution in [3.63, 3.8) is 0 Å². The van der Waals surface area contributed by atoms with Crippen molar-refractivity contribution in [3.8, 4) is 5.75 Å². The minimum Gasteiger partial charge on any atom is -0.410 e. The van der Waals surface area contributed by atoms with E-state index in [-0.39, 0.29) is 6.09 Å². The van der Waals surface area contributed by atoms with Crippen LogP contribution in [0.4, 0.5) is 4.79 Å². The van der Waals surface area contributed by atoms with E-state index in [1.54, 1.807) is 14.1 Å². The van der Waals surface area contributed by atoms with E-state index < -0.39 is 0 Å². The Bertz CT molecular complexity index is 573. The summed E-state index contributed by atoms with van der Waals surface area (Å²) in [5.41, 5.74) is 1.30. The molecular formula is C20H30N2O2. The molecule has 132 valence electrons. The van der Waals surface area contributed by atoms with E-state index in [1.165, 1.54) is 49.0 Å². The van der Waals surface area contributed by atoms with Crippen LogP contribution in [0.2, 0.25) is 0 Å². The summed E-state index contributed by atoms with van der Waals surface area (Å²) < 4.78 is 5.43. The fraction of sp³-hybridized carbons (Fsp3) is 0.650. The van der Waals surface area contributed by atoms with E-state index in [0.717, 1.165) is 18.5 Å². The zero-order valence-electron chi connectivity index (χ0n) is 15.2. The van der Waals surface area contributed by atoms with Crippen molar-refractivity contribution in [1.29, 1.82) is 0 Å². The average molecular weight is 330 g/mol. The lowest BCUT2D eigenvalue weighted by Gasteiger charge is -2.42. The summed E-state index contributed by atoms with van der Waals surface area (Å²) in [5.74, 6) is 1.99. The molecule has 0 N–H and O–H groups in total. The summed E-state index contributed by atoms with van der Waals surface area (Å²) in [6.45, 7) is 1.10. The maximum Gasteiger partial charge on any atom is 0.414 e. The molecule has 1 aromatic rings. The van der Waals surface area contributed by atoms with Gasteiger partial charge in [0.25, 0.3) is 0 Å². The second-order valence-corrected chi connectivity index (χ2v) is 7.67. The minimum atomic E-state index is -0.322. The van der Waals surface area contributed by atoms with Gasteiger partial charge in [0.05, 0.1) is 0 Å². The topological polar surface area (TPSA) is 32.8 Å². The Morgan fingerprint density at radius 2 is 2.00 bits per heavy atom. The van der Waals surface area contributed by atoms with Crippen LogP contribution in [0, 0.1) is 5.92 Å². The second kappa shape index (κ2) is 7.56. The van der Waals surface area contributed by atoms with Gasteiger partial charge < -0.3 is 14.5 Å². The molecule has 4 heteroatoms. The maximum absolute atomic E-state index is 11.8. The third-order valence-electron chi connectivity index (χ3n) is 5.68. The highest BCUT2D eigenvalue weighted by atomic mass is 16.6. The molecule has 3 atom stereocenters. The van der Waals surface area contributed by atoms with Gasteiger partial charge in [-0.1, -0.05) is 31.4 Å². The van der Waals surface area contributed by atoms with Gasteiger partial charge in [-0.25, -0.2) is 4.79 Å². The first-order valence-corrected chi connectivity index (χ1v) is 9.24. The number of piperidine rings is 1. The Balaban J connectivity index is 1.73. The van der Waals surface area contributed by atoms with Crippen LogP contribution in [0.15, 0.2) is 24.3 Å². The SMILES string of the molecule is CN(C)C(=O)Oc1cccc(C2CC3CCCCCC3N(C)C2)c1. The molecule has 0 bridgehead atoms. The van der Waals surface area contributed by atoms with E-state index in [1.807, 2.05) is 12.1 Å². The van der Waals surface area contributed by atoms with E-state index in [2.05, 4.69) is 24.1 Å². The number of nitrogens with zero attached hydrogens (tertiary/aromatic N) is 2. The highest BCUT2D eigenvalue weighted by molar-refractivity contribution is 5.70. The number of likely N-dealkylation sites (tertiary alicyclic amines) is 1.